The Morgan fingerprint density at radius 1 is 0.862 bits per heavy atom. The highest BCUT2D eigenvalue weighted by Crippen LogP contribution is 2.37. The zero-order chi connectivity index (χ0) is 21.7. The van der Waals surface area contributed by atoms with Crippen LogP contribution in [0, 0.1) is 5.41 Å². The van der Waals surface area contributed by atoms with E-state index in [2.05, 4.69) is 0 Å². The molecule has 0 unspecified atom stereocenters. The SMILES string of the molecule is COc1ccc(CCC(=O)OC(=O)CCC(CCF)(CCF)CCF)c(OC)c1. The molecule has 1 aromatic rings. The quantitative estimate of drug-likeness (QED) is 0.328. The van der Waals surface area contributed by atoms with Crippen LogP contribution in [0.2, 0.25) is 0 Å². The van der Waals surface area contributed by atoms with Crippen LogP contribution in [0.4, 0.5) is 13.2 Å². The minimum atomic E-state index is -0.934. The summed E-state index contributed by atoms with van der Waals surface area (Å²) in [6.45, 7) is -2.17. The van der Waals surface area contributed by atoms with Gasteiger partial charge in [-0.2, -0.15) is 0 Å². The average Bonchev–Trinajstić information content (AvgIpc) is 2.71. The molecule has 0 atom stereocenters. The van der Waals surface area contributed by atoms with Gasteiger partial charge in [0.05, 0.1) is 40.7 Å². The molecular weight excluding hydrogens is 389 g/mol. The number of ether oxygens (including phenoxy) is 3. The van der Waals surface area contributed by atoms with Crippen LogP contribution in [0.3, 0.4) is 0 Å². The first-order chi connectivity index (χ1) is 13.9. The Morgan fingerprint density at radius 3 is 1.97 bits per heavy atom. The number of alkyl halides is 3. The van der Waals surface area contributed by atoms with Crippen molar-refractivity contribution >= 4 is 11.9 Å². The lowest BCUT2D eigenvalue weighted by molar-refractivity contribution is -0.160. The zero-order valence-corrected chi connectivity index (χ0v) is 17.0. The highest BCUT2D eigenvalue weighted by atomic mass is 19.1. The average molecular weight is 418 g/mol. The maximum absolute atomic E-state index is 12.8. The predicted molar refractivity (Wildman–Crippen MR) is 102 cm³/mol. The maximum atomic E-state index is 12.8. The van der Waals surface area contributed by atoms with Crippen LogP contribution in [0.5, 0.6) is 11.5 Å². The molecule has 1 rings (SSSR count). The molecule has 0 saturated carbocycles. The second-order valence-corrected chi connectivity index (χ2v) is 6.84. The van der Waals surface area contributed by atoms with Gasteiger partial charge in [0, 0.05) is 12.5 Å². The van der Waals surface area contributed by atoms with Gasteiger partial charge in [0.1, 0.15) is 11.5 Å². The van der Waals surface area contributed by atoms with Crippen LogP contribution in [-0.4, -0.2) is 46.2 Å². The van der Waals surface area contributed by atoms with Gasteiger partial charge in [-0.1, -0.05) is 6.07 Å². The third kappa shape index (κ3) is 8.33. The largest absolute Gasteiger partial charge is 0.497 e. The fraction of sp³-hybridized carbons (Fsp3) is 0.619. The zero-order valence-electron chi connectivity index (χ0n) is 17.0. The van der Waals surface area contributed by atoms with Crippen molar-refractivity contribution in [2.45, 2.75) is 44.9 Å². The summed E-state index contributed by atoms with van der Waals surface area (Å²) in [4.78, 5) is 23.9. The fourth-order valence-electron chi connectivity index (χ4n) is 3.24. The van der Waals surface area contributed by atoms with Gasteiger partial charge < -0.3 is 14.2 Å². The molecule has 0 amide bonds. The van der Waals surface area contributed by atoms with E-state index >= 15 is 0 Å². The lowest BCUT2D eigenvalue weighted by Crippen LogP contribution is -2.26. The Morgan fingerprint density at radius 2 is 1.45 bits per heavy atom. The molecule has 5 nitrogen and oxygen atoms in total. The molecule has 164 valence electrons. The summed E-state index contributed by atoms with van der Waals surface area (Å²) >= 11 is 0. The monoisotopic (exact) mass is 418 g/mol. The Kier molecular flexibility index (Phi) is 11.2. The summed E-state index contributed by atoms with van der Waals surface area (Å²) in [6.07, 6.45) is 0.0482. The minimum absolute atomic E-state index is 0.0284. The molecule has 0 aromatic heterocycles. The van der Waals surface area contributed by atoms with Gasteiger partial charge in [0.2, 0.25) is 0 Å². The Labute approximate surface area is 169 Å². The van der Waals surface area contributed by atoms with Crippen molar-refractivity contribution in [3.05, 3.63) is 23.8 Å². The van der Waals surface area contributed by atoms with E-state index in [1.807, 2.05) is 0 Å². The van der Waals surface area contributed by atoms with E-state index in [0.717, 1.165) is 5.56 Å². The van der Waals surface area contributed by atoms with E-state index < -0.39 is 37.4 Å². The van der Waals surface area contributed by atoms with E-state index in [1.165, 1.54) is 14.2 Å². The molecule has 0 spiro atoms. The first-order valence-corrected chi connectivity index (χ1v) is 9.56. The van der Waals surface area contributed by atoms with Crippen LogP contribution in [-0.2, 0) is 20.7 Å². The van der Waals surface area contributed by atoms with Gasteiger partial charge in [-0.3, -0.25) is 22.8 Å². The van der Waals surface area contributed by atoms with E-state index in [1.54, 1.807) is 18.2 Å². The predicted octanol–water partition coefficient (Wildman–Crippen LogP) is 4.55. The van der Waals surface area contributed by atoms with Gasteiger partial charge in [-0.15, -0.1) is 0 Å². The molecule has 0 aliphatic rings. The van der Waals surface area contributed by atoms with Crippen LogP contribution in [0.1, 0.15) is 44.1 Å². The molecule has 0 bridgehead atoms. The summed E-state index contributed by atoms with van der Waals surface area (Å²) in [5.74, 6) is -0.323. The van der Waals surface area contributed by atoms with Gasteiger partial charge in [0.15, 0.2) is 0 Å². The highest BCUT2D eigenvalue weighted by molar-refractivity contribution is 5.85. The van der Waals surface area contributed by atoms with Gasteiger partial charge >= 0.3 is 11.9 Å². The molecular formula is C21H29F3O5. The number of carbonyl (C=O) groups is 2. The van der Waals surface area contributed by atoms with Crippen molar-refractivity contribution in [2.24, 2.45) is 5.41 Å². The molecule has 0 aliphatic heterocycles. The van der Waals surface area contributed by atoms with Crippen molar-refractivity contribution in [3.63, 3.8) is 0 Å². The van der Waals surface area contributed by atoms with E-state index in [-0.39, 0.29) is 38.5 Å². The topological polar surface area (TPSA) is 61.8 Å². The van der Waals surface area contributed by atoms with E-state index in [4.69, 9.17) is 14.2 Å². The molecule has 1 aromatic carbocycles. The number of benzene rings is 1. The Balaban J connectivity index is 2.56. The number of halogens is 3. The van der Waals surface area contributed by atoms with E-state index in [0.29, 0.717) is 17.9 Å². The molecule has 0 fully saturated rings. The number of methoxy groups -OCH3 is 2. The Hall–Kier alpha value is -2.25. The number of rotatable bonds is 14. The summed E-state index contributed by atoms with van der Waals surface area (Å²) in [5.41, 5.74) is -0.179. The van der Waals surface area contributed by atoms with Crippen LogP contribution in [0.15, 0.2) is 18.2 Å². The summed E-state index contributed by atoms with van der Waals surface area (Å²) in [5, 5.41) is 0. The highest BCUT2D eigenvalue weighted by Gasteiger charge is 2.30. The van der Waals surface area contributed by atoms with Gasteiger partial charge in [-0.25, -0.2) is 0 Å². The lowest BCUT2D eigenvalue weighted by atomic mass is 9.75. The van der Waals surface area contributed by atoms with Crippen LogP contribution >= 0.6 is 0 Å². The second kappa shape index (κ2) is 13.1. The second-order valence-electron chi connectivity index (χ2n) is 6.84. The number of aryl methyl sites for hydroxylation is 1. The molecule has 0 N–H and O–H groups in total. The first-order valence-electron chi connectivity index (χ1n) is 9.56. The smallest absolute Gasteiger partial charge is 0.313 e. The van der Waals surface area contributed by atoms with Crippen LogP contribution < -0.4 is 9.47 Å². The van der Waals surface area contributed by atoms with Gasteiger partial charge in [-0.05, 0) is 49.1 Å². The van der Waals surface area contributed by atoms with Gasteiger partial charge in [0.25, 0.3) is 0 Å². The van der Waals surface area contributed by atoms with Crippen molar-refractivity contribution in [2.75, 3.05) is 34.2 Å². The normalized spacial score (nSPS) is 11.2. The molecule has 8 heteroatoms. The maximum Gasteiger partial charge on any atom is 0.313 e. The standard InChI is InChI=1S/C21H29F3O5/c1-27-17-5-3-16(18(15-17)28-2)4-6-19(25)29-20(26)7-8-21(9-12-22,10-13-23)11-14-24/h3,5,15H,4,6-14H2,1-2H3. The molecule has 0 radical (unpaired) electrons. The minimum Gasteiger partial charge on any atom is -0.497 e. The number of hydrogen-bond acceptors (Lipinski definition) is 5. The van der Waals surface area contributed by atoms with Crippen LogP contribution in [0.25, 0.3) is 0 Å². The fourth-order valence-corrected chi connectivity index (χ4v) is 3.24. The Bertz CT molecular complexity index is 634. The summed E-state index contributed by atoms with van der Waals surface area (Å²) in [7, 11) is 3.03. The third-order valence-electron chi connectivity index (χ3n) is 5.05. The molecule has 0 aliphatic carbocycles. The molecule has 0 saturated heterocycles. The first kappa shape index (κ1) is 24.8. The van der Waals surface area contributed by atoms with Crippen molar-refractivity contribution in [1.29, 1.82) is 0 Å². The number of carbonyl (C=O) groups excluding carboxylic acids is 2. The van der Waals surface area contributed by atoms with E-state index in [9.17, 15) is 22.8 Å². The lowest BCUT2D eigenvalue weighted by Gasteiger charge is -2.31. The van der Waals surface area contributed by atoms with Crippen molar-refractivity contribution in [3.8, 4) is 11.5 Å². The summed E-state index contributed by atoms with van der Waals surface area (Å²) in [6, 6.07) is 5.17. The number of hydrogen-bond donors (Lipinski definition) is 0. The number of esters is 2. The summed E-state index contributed by atoms with van der Waals surface area (Å²) < 4.78 is 53.6. The van der Waals surface area contributed by atoms with Crippen molar-refractivity contribution in [1.82, 2.24) is 0 Å². The molecule has 29 heavy (non-hydrogen) atoms. The van der Waals surface area contributed by atoms with Crippen molar-refractivity contribution < 1.29 is 37.0 Å². The molecule has 0 heterocycles. The third-order valence-corrected chi connectivity index (χ3v) is 5.05.